The molecule has 5 heteroatoms. The summed E-state index contributed by atoms with van der Waals surface area (Å²) in [5.41, 5.74) is 2.25. The summed E-state index contributed by atoms with van der Waals surface area (Å²) in [6.45, 7) is 2.05. The van der Waals surface area contributed by atoms with Crippen molar-refractivity contribution in [3.05, 3.63) is 35.9 Å². The van der Waals surface area contributed by atoms with E-state index in [0.717, 1.165) is 30.6 Å². The Bertz CT molecular complexity index is 703. The van der Waals surface area contributed by atoms with Crippen LogP contribution in [-0.2, 0) is 16.3 Å². The highest BCUT2D eigenvalue weighted by Gasteiger charge is 2.25. The molecule has 0 saturated carbocycles. The van der Waals surface area contributed by atoms with Crippen molar-refractivity contribution in [3.8, 4) is 0 Å². The quantitative estimate of drug-likeness (QED) is 0.844. The third-order valence-corrected chi connectivity index (χ3v) is 5.67. The van der Waals surface area contributed by atoms with Crippen molar-refractivity contribution < 1.29 is 8.42 Å². The van der Waals surface area contributed by atoms with E-state index in [4.69, 9.17) is 0 Å². The monoisotopic (exact) mass is 278 g/mol. The zero-order valence-corrected chi connectivity index (χ0v) is 11.9. The minimum absolute atomic E-state index is 0.213. The molecular weight excluding hydrogens is 260 g/mol. The van der Waals surface area contributed by atoms with Crippen LogP contribution in [0.25, 0.3) is 5.52 Å². The van der Waals surface area contributed by atoms with Gasteiger partial charge in [0.1, 0.15) is 5.82 Å². The van der Waals surface area contributed by atoms with Crippen molar-refractivity contribution in [1.29, 1.82) is 0 Å². The number of pyridine rings is 1. The number of imidazole rings is 1. The molecule has 1 fully saturated rings. The SMILES string of the molecule is Cc1ccc2cnc(CC3CCCS(=O)(=O)C3)n2c1. The maximum absolute atomic E-state index is 11.7. The van der Waals surface area contributed by atoms with E-state index in [1.807, 2.05) is 19.2 Å². The summed E-state index contributed by atoms with van der Waals surface area (Å²) < 4.78 is 25.4. The lowest BCUT2D eigenvalue weighted by Crippen LogP contribution is -2.27. The van der Waals surface area contributed by atoms with E-state index in [1.165, 1.54) is 5.56 Å². The van der Waals surface area contributed by atoms with E-state index in [0.29, 0.717) is 11.5 Å². The first kappa shape index (κ1) is 12.7. The number of rotatable bonds is 2. The van der Waals surface area contributed by atoms with Crippen molar-refractivity contribution in [2.24, 2.45) is 5.92 Å². The van der Waals surface area contributed by atoms with E-state index in [2.05, 4.69) is 21.6 Å². The van der Waals surface area contributed by atoms with Crippen LogP contribution in [0.5, 0.6) is 0 Å². The fourth-order valence-corrected chi connectivity index (χ4v) is 4.61. The van der Waals surface area contributed by atoms with Gasteiger partial charge in [-0.1, -0.05) is 6.07 Å². The van der Waals surface area contributed by atoms with Gasteiger partial charge in [-0.25, -0.2) is 13.4 Å². The summed E-state index contributed by atoms with van der Waals surface area (Å²) in [5, 5.41) is 0. The van der Waals surface area contributed by atoms with Crippen molar-refractivity contribution in [2.45, 2.75) is 26.2 Å². The van der Waals surface area contributed by atoms with Crippen LogP contribution in [0, 0.1) is 12.8 Å². The average Bonchev–Trinajstić information content (AvgIpc) is 2.71. The first-order chi connectivity index (χ1) is 9.03. The first-order valence-corrected chi connectivity index (χ1v) is 8.49. The zero-order valence-electron chi connectivity index (χ0n) is 11.0. The van der Waals surface area contributed by atoms with Gasteiger partial charge >= 0.3 is 0 Å². The Labute approximate surface area is 113 Å². The summed E-state index contributed by atoms with van der Waals surface area (Å²) in [4.78, 5) is 4.45. The highest BCUT2D eigenvalue weighted by Crippen LogP contribution is 2.22. The van der Waals surface area contributed by atoms with Gasteiger partial charge in [-0.05, 0) is 37.3 Å². The Hall–Kier alpha value is -1.36. The summed E-state index contributed by atoms with van der Waals surface area (Å²) in [6, 6.07) is 4.11. The van der Waals surface area contributed by atoms with E-state index < -0.39 is 9.84 Å². The van der Waals surface area contributed by atoms with Gasteiger partial charge in [-0.15, -0.1) is 0 Å². The first-order valence-electron chi connectivity index (χ1n) is 6.66. The van der Waals surface area contributed by atoms with E-state index in [9.17, 15) is 8.42 Å². The lowest BCUT2D eigenvalue weighted by Gasteiger charge is -2.21. The number of aromatic nitrogens is 2. The van der Waals surface area contributed by atoms with Gasteiger partial charge in [-0.3, -0.25) is 0 Å². The van der Waals surface area contributed by atoms with Gasteiger partial charge in [0.05, 0.1) is 23.2 Å². The van der Waals surface area contributed by atoms with Gasteiger partial charge in [0.2, 0.25) is 0 Å². The molecule has 19 heavy (non-hydrogen) atoms. The van der Waals surface area contributed by atoms with E-state index >= 15 is 0 Å². The zero-order chi connectivity index (χ0) is 13.5. The lowest BCUT2D eigenvalue weighted by molar-refractivity contribution is 0.475. The molecule has 1 atom stereocenters. The maximum atomic E-state index is 11.7. The molecule has 0 spiro atoms. The topological polar surface area (TPSA) is 51.4 Å². The molecule has 2 aromatic rings. The summed E-state index contributed by atoms with van der Waals surface area (Å²) in [7, 11) is -2.83. The van der Waals surface area contributed by atoms with Crippen molar-refractivity contribution in [1.82, 2.24) is 9.38 Å². The molecule has 3 rings (SSSR count). The number of hydrogen-bond donors (Lipinski definition) is 0. The molecule has 1 saturated heterocycles. The fraction of sp³-hybridized carbons (Fsp3) is 0.500. The van der Waals surface area contributed by atoms with Gasteiger partial charge in [-0.2, -0.15) is 0 Å². The van der Waals surface area contributed by atoms with Crippen molar-refractivity contribution in [2.75, 3.05) is 11.5 Å². The second kappa shape index (κ2) is 4.63. The Morgan fingerprint density at radius 1 is 1.42 bits per heavy atom. The normalized spacial score (nSPS) is 22.7. The molecule has 0 bridgehead atoms. The number of hydrogen-bond acceptors (Lipinski definition) is 3. The van der Waals surface area contributed by atoms with Gasteiger partial charge in [0.25, 0.3) is 0 Å². The number of sulfone groups is 1. The van der Waals surface area contributed by atoms with Crippen LogP contribution in [-0.4, -0.2) is 29.3 Å². The molecule has 0 aromatic carbocycles. The summed E-state index contributed by atoms with van der Waals surface area (Å²) in [6.07, 6.45) is 6.44. The molecule has 102 valence electrons. The van der Waals surface area contributed by atoms with E-state index in [-0.39, 0.29) is 5.92 Å². The molecular formula is C14H18N2O2S. The Morgan fingerprint density at radius 3 is 3.05 bits per heavy atom. The van der Waals surface area contributed by atoms with Crippen LogP contribution in [0.1, 0.15) is 24.2 Å². The minimum atomic E-state index is -2.83. The molecule has 1 aliphatic rings. The molecule has 3 heterocycles. The molecule has 0 N–H and O–H groups in total. The second-order valence-corrected chi connectivity index (χ2v) is 7.73. The lowest BCUT2D eigenvalue weighted by atomic mass is 10.0. The number of nitrogens with zero attached hydrogens (tertiary/aromatic N) is 2. The second-order valence-electron chi connectivity index (χ2n) is 5.50. The largest absolute Gasteiger partial charge is 0.303 e. The minimum Gasteiger partial charge on any atom is -0.303 e. The van der Waals surface area contributed by atoms with Crippen LogP contribution in [0.3, 0.4) is 0 Å². The highest BCUT2D eigenvalue weighted by atomic mass is 32.2. The molecule has 1 aliphatic heterocycles. The van der Waals surface area contributed by atoms with Crippen LogP contribution >= 0.6 is 0 Å². The summed E-state index contributed by atoms with van der Waals surface area (Å²) in [5.74, 6) is 1.85. The molecule has 1 unspecified atom stereocenters. The molecule has 0 aliphatic carbocycles. The van der Waals surface area contributed by atoms with Crippen molar-refractivity contribution in [3.63, 3.8) is 0 Å². The highest BCUT2D eigenvalue weighted by molar-refractivity contribution is 7.91. The fourth-order valence-electron chi connectivity index (χ4n) is 2.84. The van der Waals surface area contributed by atoms with Gasteiger partial charge in [0, 0.05) is 12.6 Å². The predicted octanol–water partition coefficient (Wildman–Crippen LogP) is 2.01. The predicted molar refractivity (Wildman–Crippen MR) is 75.0 cm³/mol. The van der Waals surface area contributed by atoms with Gasteiger partial charge in [0.15, 0.2) is 9.84 Å². The molecule has 0 amide bonds. The maximum Gasteiger partial charge on any atom is 0.150 e. The molecule has 2 aromatic heterocycles. The smallest absolute Gasteiger partial charge is 0.150 e. The van der Waals surface area contributed by atoms with Crippen LogP contribution in [0.4, 0.5) is 0 Å². The number of aryl methyl sites for hydroxylation is 1. The molecule has 4 nitrogen and oxygen atoms in total. The van der Waals surface area contributed by atoms with Gasteiger partial charge < -0.3 is 4.40 Å². The average molecular weight is 278 g/mol. The summed E-state index contributed by atoms with van der Waals surface area (Å²) >= 11 is 0. The standard InChI is InChI=1S/C14H18N2O2S/c1-11-4-5-13-8-15-14(16(13)9-11)7-12-3-2-6-19(17,18)10-12/h4-5,8-9,12H,2-3,6-7,10H2,1H3. The third kappa shape index (κ3) is 2.66. The third-order valence-electron chi connectivity index (χ3n) is 3.78. The van der Waals surface area contributed by atoms with Crippen LogP contribution < -0.4 is 0 Å². The van der Waals surface area contributed by atoms with Crippen molar-refractivity contribution >= 4 is 15.4 Å². The Morgan fingerprint density at radius 2 is 2.26 bits per heavy atom. The molecule has 0 radical (unpaired) electrons. The Balaban J connectivity index is 1.87. The van der Waals surface area contributed by atoms with E-state index in [1.54, 1.807) is 0 Å². The number of fused-ring (bicyclic) bond motifs is 1. The van der Waals surface area contributed by atoms with Crippen LogP contribution in [0.2, 0.25) is 0 Å². The Kier molecular flexibility index (Phi) is 3.09. The van der Waals surface area contributed by atoms with Crippen LogP contribution in [0.15, 0.2) is 24.5 Å².